The summed E-state index contributed by atoms with van der Waals surface area (Å²) in [4.78, 5) is 40.3. The summed E-state index contributed by atoms with van der Waals surface area (Å²) in [5.74, 6) is -0.0194. The van der Waals surface area contributed by atoms with E-state index in [9.17, 15) is 14.4 Å². The number of thiophene rings is 1. The summed E-state index contributed by atoms with van der Waals surface area (Å²) in [6.07, 6.45) is 5.25. The molecule has 27 heavy (non-hydrogen) atoms. The number of carbonyl (C=O) groups is 3. The Kier molecular flexibility index (Phi) is 4.94. The molecule has 3 heterocycles. The van der Waals surface area contributed by atoms with Gasteiger partial charge in [-0.05, 0) is 43.0 Å². The van der Waals surface area contributed by atoms with Crippen LogP contribution in [0, 0.1) is 5.92 Å². The van der Waals surface area contributed by atoms with Crippen molar-refractivity contribution in [2.24, 2.45) is 5.92 Å². The lowest BCUT2D eigenvalue weighted by molar-refractivity contribution is -0.910. The molecule has 3 fully saturated rings. The number of quaternary nitrogens is 1. The third kappa shape index (κ3) is 3.48. The molecule has 8 heteroatoms. The maximum atomic E-state index is 12.8. The van der Waals surface area contributed by atoms with E-state index < -0.39 is 11.6 Å². The van der Waals surface area contributed by atoms with Gasteiger partial charge in [0, 0.05) is 12.8 Å². The van der Waals surface area contributed by atoms with E-state index in [-0.39, 0.29) is 18.4 Å². The Balaban J connectivity index is 1.38. The van der Waals surface area contributed by atoms with Gasteiger partial charge in [-0.15, -0.1) is 11.3 Å². The van der Waals surface area contributed by atoms with Crippen molar-refractivity contribution in [1.29, 1.82) is 0 Å². The molecule has 1 aliphatic carbocycles. The van der Waals surface area contributed by atoms with Crippen molar-refractivity contribution in [3.05, 3.63) is 22.4 Å². The molecule has 3 aliphatic rings. The van der Waals surface area contributed by atoms with Crippen LogP contribution in [0.15, 0.2) is 17.5 Å². The van der Waals surface area contributed by atoms with Crippen molar-refractivity contribution < 1.29 is 19.3 Å². The number of urea groups is 1. The fourth-order valence-electron chi connectivity index (χ4n) is 4.64. The van der Waals surface area contributed by atoms with Gasteiger partial charge in [0.05, 0.1) is 11.4 Å². The first-order valence-corrected chi connectivity index (χ1v) is 10.7. The number of imide groups is 1. The van der Waals surface area contributed by atoms with Crippen molar-refractivity contribution in [3.63, 3.8) is 0 Å². The Labute approximate surface area is 163 Å². The molecule has 4 rings (SSSR count). The molecule has 1 aromatic heterocycles. The van der Waals surface area contributed by atoms with Crippen LogP contribution in [0.1, 0.15) is 56.4 Å². The normalized spacial score (nSPS) is 33.5. The summed E-state index contributed by atoms with van der Waals surface area (Å²) < 4.78 is 0. The number of nitrogens with zero attached hydrogens (tertiary/aromatic N) is 1. The highest BCUT2D eigenvalue weighted by Gasteiger charge is 2.53. The highest BCUT2D eigenvalue weighted by Crippen LogP contribution is 2.35. The number of nitrogens with one attached hydrogen (secondary N) is 3. The van der Waals surface area contributed by atoms with Gasteiger partial charge in [0.1, 0.15) is 11.6 Å². The first kappa shape index (κ1) is 18.4. The van der Waals surface area contributed by atoms with Gasteiger partial charge in [-0.2, -0.15) is 5.01 Å². The number of hydrogen-bond donors (Lipinski definition) is 3. The average Bonchev–Trinajstić information content (AvgIpc) is 3.36. The van der Waals surface area contributed by atoms with Gasteiger partial charge >= 0.3 is 6.03 Å². The number of amides is 4. The van der Waals surface area contributed by atoms with Crippen LogP contribution in [0.3, 0.4) is 0 Å². The van der Waals surface area contributed by atoms with Gasteiger partial charge in [0.15, 0.2) is 6.54 Å². The predicted octanol–water partition coefficient (Wildman–Crippen LogP) is 1.000. The topological polar surface area (TPSA) is 83.0 Å². The van der Waals surface area contributed by atoms with E-state index in [4.69, 9.17) is 0 Å². The summed E-state index contributed by atoms with van der Waals surface area (Å²) in [6.45, 7) is 3.36. The summed E-state index contributed by atoms with van der Waals surface area (Å²) in [7, 11) is 0. The van der Waals surface area contributed by atoms with Crippen LogP contribution in [-0.2, 0) is 9.59 Å². The maximum Gasteiger partial charge on any atom is 0.344 e. The van der Waals surface area contributed by atoms with Gasteiger partial charge in [0.25, 0.3) is 11.8 Å². The molecule has 2 aliphatic heterocycles. The number of carbonyl (C=O) groups excluding carboxylic acids is 3. The highest BCUT2D eigenvalue weighted by atomic mass is 32.1. The van der Waals surface area contributed by atoms with Crippen LogP contribution < -0.4 is 15.6 Å². The number of rotatable bonds is 4. The second-order valence-electron chi connectivity index (χ2n) is 8.17. The molecule has 1 spiro atoms. The second-order valence-corrected chi connectivity index (χ2v) is 9.14. The zero-order valence-corrected chi connectivity index (χ0v) is 16.4. The fraction of sp³-hybridized carbons (Fsp3) is 0.632. The van der Waals surface area contributed by atoms with Crippen LogP contribution in [0.4, 0.5) is 4.79 Å². The predicted molar refractivity (Wildman–Crippen MR) is 101 cm³/mol. The summed E-state index contributed by atoms with van der Waals surface area (Å²) >= 11 is 1.72. The number of hydrogen-bond acceptors (Lipinski definition) is 4. The van der Waals surface area contributed by atoms with E-state index in [0.717, 1.165) is 37.2 Å². The van der Waals surface area contributed by atoms with E-state index in [2.05, 4.69) is 29.1 Å². The van der Waals surface area contributed by atoms with E-state index in [1.165, 1.54) is 9.78 Å². The lowest BCUT2D eigenvalue weighted by Crippen LogP contribution is -3.11. The largest absolute Gasteiger partial charge is 0.344 e. The Morgan fingerprint density at radius 2 is 2.15 bits per heavy atom. The number of hydrazine groups is 1. The van der Waals surface area contributed by atoms with Gasteiger partial charge in [-0.1, -0.05) is 13.0 Å². The van der Waals surface area contributed by atoms with Crippen molar-refractivity contribution in [1.82, 2.24) is 15.8 Å². The molecule has 1 aromatic rings. The first-order valence-electron chi connectivity index (χ1n) is 9.83. The average molecular weight is 392 g/mol. The van der Waals surface area contributed by atoms with Crippen molar-refractivity contribution >= 4 is 29.2 Å². The SMILES string of the molecule is CC1CCC2(CC1)NC(=O)N(NC(=O)C[NH+]1CCC[C@@H]1c1cccs1)C2=O. The van der Waals surface area contributed by atoms with Gasteiger partial charge in [-0.3, -0.25) is 15.0 Å². The van der Waals surface area contributed by atoms with E-state index in [0.29, 0.717) is 24.8 Å². The number of likely N-dealkylation sites (tertiary alicyclic amines) is 1. The lowest BCUT2D eigenvalue weighted by Gasteiger charge is -2.33. The van der Waals surface area contributed by atoms with Crippen LogP contribution in [0.25, 0.3) is 0 Å². The summed E-state index contributed by atoms with van der Waals surface area (Å²) in [6, 6.07) is 3.97. The standard InChI is InChI=1S/C19H26N4O3S/c1-13-6-8-19(9-7-13)17(25)23(18(26)20-19)21-16(24)12-22-10-2-4-14(22)15-5-3-11-27-15/h3,5,11,13-14H,2,4,6-10,12H2,1H3,(H,20,26)(H,21,24)/p+1/t13?,14-,19?/m1/s1. The Hall–Kier alpha value is -1.93. The fourth-order valence-corrected chi connectivity index (χ4v) is 5.56. The first-order chi connectivity index (χ1) is 13.0. The third-order valence-corrected chi connectivity index (χ3v) is 7.27. The molecule has 3 N–H and O–H groups in total. The maximum absolute atomic E-state index is 12.8. The molecule has 0 bridgehead atoms. The molecule has 2 saturated heterocycles. The molecule has 4 amide bonds. The zero-order valence-electron chi connectivity index (χ0n) is 15.6. The summed E-state index contributed by atoms with van der Waals surface area (Å²) in [5, 5.41) is 5.81. The smallest absolute Gasteiger partial charge is 0.322 e. The summed E-state index contributed by atoms with van der Waals surface area (Å²) in [5.41, 5.74) is 1.75. The zero-order chi connectivity index (χ0) is 19.0. The van der Waals surface area contributed by atoms with E-state index in [1.807, 2.05) is 6.07 Å². The molecule has 146 valence electrons. The second kappa shape index (κ2) is 7.24. The molecule has 1 unspecified atom stereocenters. The minimum atomic E-state index is -0.823. The molecule has 1 saturated carbocycles. The van der Waals surface area contributed by atoms with E-state index in [1.54, 1.807) is 11.3 Å². The van der Waals surface area contributed by atoms with Crippen molar-refractivity contribution in [2.45, 2.75) is 57.0 Å². The minimum absolute atomic E-state index is 0.268. The van der Waals surface area contributed by atoms with Gasteiger partial charge in [0.2, 0.25) is 0 Å². The molecular weight excluding hydrogens is 364 g/mol. The molecule has 0 aromatic carbocycles. The van der Waals surface area contributed by atoms with Crippen LogP contribution in [0.5, 0.6) is 0 Å². The van der Waals surface area contributed by atoms with Crippen molar-refractivity contribution in [2.75, 3.05) is 13.1 Å². The van der Waals surface area contributed by atoms with Crippen LogP contribution >= 0.6 is 11.3 Å². The monoisotopic (exact) mass is 391 g/mol. The molecule has 2 atom stereocenters. The Morgan fingerprint density at radius 1 is 1.37 bits per heavy atom. The minimum Gasteiger partial charge on any atom is -0.322 e. The highest BCUT2D eigenvalue weighted by molar-refractivity contribution is 7.10. The molecule has 0 radical (unpaired) electrons. The van der Waals surface area contributed by atoms with Gasteiger partial charge < -0.3 is 10.2 Å². The van der Waals surface area contributed by atoms with Crippen LogP contribution in [0.2, 0.25) is 0 Å². The Morgan fingerprint density at radius 3 is 2.85 bits per heavy atom. The third-order valence-electron chi connectivity index (χ3n) is 6.28. The van der Waals surface area contributed by atoms with Crippen LogP contribution in [-0.4, -0.2) is 41.5 Å². The molecule has 7 nitrogen and oxygen atoms in total. The Bertz CT molecular complexity index is 727. The quantitative estimate of drug-likeness (QED) is 0.670. The molecular formula is C19H27N4O3S+. The lowest BCUT2D eigenvalue weighted by atomic mass is 9.77. The van der Waals surface area contributed by atoms with E-state index >= 15 is 0 Å². The van der Waals surface area contributed by atoms with Gasteiger partial charge in [-0.25, -0.2) is 4.79 Å². The van der Waals surface area contributed by atoms with Crippen molar-refractivity contribution in [3.8, 4) is 0 Å².